The second-order valence-corrected chi connectivity index (χ2v) is 8.72. The van der Waals surface area contributed by atoms with Crippen LogP contribution in [0.3, 0.4) is 0 Å². The molecule has 31 heavy (non-hydrogen) atoms. The van der Waals surface area contributed by atoms with Crippen LogP contribution in [-0.2, 0) is 10.2 Å². The highest BCUT2D eigenvalue weighted by Gasteiger charge is 2.38. The van der Waals surface area contributed by atoms with E-state index in [2.05, 4.69) is 46.1 Å². The molecule has 1 fully saturated rings. The van der Waals surface area contributed by atoms with E-state index in [-0.39, 0.29) is 22.9 Å². The molecule has 0 spiro atoms. The van der Waals surface area contributed by atoms with Crippen molar-refractivity contribution in [2.75, 3.05) is 36.9 Å². The number of aromatic nitrogens is 1. The molecule has 0 amide bonds. The van der Waals surface area contributed by atoms with Crippen LogP contribution in [0.4, 0.5) is 17.2 Å². The lowest BCUT2D eigenvalue weighted by molar-refractivity contribution is -0.385. The molecule has 3 heterocycles. The molecule has 1 saturated heterocycles. The van der Waals surface area contributed by atoms with Gasteiger partial charge in [0, 0.05) is 55.1 Å². The Kier molecular flexibility index (Phi) is 5.49. The molecule has 2 aliphatic heterocycles. The summed E-state index contributed by atoms with van der Waals surface area (Å²) in [6.07, 6.45) is 3.93. The Labute approximate surface area is 181 Å². The van der Waals surface area contributed by atoms with Gasteiger partial charge in [-0.05, 0) is 24.1 Å². The first kappa shape index (κ1) is 21.0. The quantitative estimate of drug-likeness (QED) is 0.434. The van der Waals surface area contributed by atoms with Gasteiger partial charge in [0.1, 0.15) is 12.0 Å². The smallest absolute Gasteiger partial charge is 0.287 e. The number of allylic oxidation sites excluding steroid dienone is 1. The van der Waals surface area contributed by atoms with Crippen molar-refractivity contribution >= 4 is 23.0 Å². The van der Waals surface area contributed by atoms with E-state index in [1.54, 1.807) is 12.1 Å². The summed E-state index contributed by atoms with van der Waals surface area (Å²) in [5.74, 6) is 0.704. The summed E-state index contributed by atoms with van der Waals surface area (Å²) in [4.78, 5) is 31.5. The van der Waals surface area contributed by atoms with Gasteiger partial charge in [0.25, 0.3) is 5.69 Å². The molecule has 0 aliphatic carbocycles. The third-order valence-corrected chi connectivity index (χ3v) is 6.20. The fraction of sp³-hybridized carbons (Fsp3) is 0.391. The molecule has 1 aromatic carbocycles. The lowest BCUT2D eigenvalue weighted by Crippen LogP contribution is -2.31. The Morgan fingerprint density at radius 2 is 2.10 bits per heavy atom. The number of likely N-dealkylation sites (tertiary alicyclic amines) is 1. The highest BCUT2D eigenvalue weighted by molar-refractivity contribution is 5.94. The van der Waals surface area contributed by atoms with E-state index in [0.29, 0.717) is 12.4 Å². The number of anilines is 2. The Balaban J connectivity index is 1.36. The largest absolute Gasteiger partial charge is 0.366 e. The van der Waals surface area contributed by atoms with E-state index >= 15 is 0 Å². The zero-order valence-corrected chi connectivity index (χ0v) is 18.0. The van der Waals surface area contributed by atoms with Crippen LogP contribution in [0.25, 0.3) is 0 Å². The minimum absolute atomic E-state index is 0.0285. The van der Waals surface area contributed by atoms with E-state index in [4.69, 9.17) is 0 Å². The molecule has 1 N–H and O–H groups in total. The molecule has 1 unspecified atom stereocenters. The maximum atomic E-state index is 12.9. The summed E-state index contributed by atoms with van der Waals surface area (Å²) in [5, 5.41) is 14.1. The number of likely N-dealkylation sites (N-methyl/N-ethyl adjacent to an activating group) is 1. The molecule has 2 aliphatic rings. The number of ketones is 1. The number of nitro groups is 1. The molecule has 1 aromatic heterocycles. The number of nitrogens with zero attached hydrogens (tertiary/aromatic N) is 4. The Bertz CT molecular complexity index is 1030. The Morgan fingerprint density at radius 1 is 1.32 bits per heavy atom. The predicted molar refractivity (Wildman–Crippen MR) is 120 cm³/mol. The average molecular weight is 422 g/mol. The fourth-order valence-corrected chi connectivity index (χ4v) is 4.56. The van der Waals surface area contributed by atoms with Gasteiger partial charge < -0.3 is 10.2 Å². The van der Waals surface area contributed by atoms with Crippen LogP contribution in [0.2, 0.25) is 0 Å². The van der Waals surface area contributed by atoms with Crippen molar-refractivity contribution in [2.24, 2.45) is 0 Å². The van der Waals surface area contributed by atoms with Gasteiger partial charge in [0.05, 0.1) is 11.5 Å². The summed E-state index contributed by atoms with van der Waals surface area (Å²) in [5.41, 5.74) is 3.16. The van der Waals surface area contributed by atoms with Crippen molar-refractivity contribution in [3.05, 3.63) is 70.0 Å². The van der Waals surface area contributed by atoms with Crippen LogP contribution in [-0.4, -0.2) is 53.3 Å². The zero-order chi connectivity index (χ0) is 22.2. The topological polar surface area (TPSA) is 91.6 Å². The standard InChI is InChI=1S/C23H27N5O3/c1-23(2)19-6-4-5-7-20(19)26(3)21(23)12-18(29)15-27-11-10-16(14-27)25-22-9-8-17(13-24-22)28(30)31/h4-9,12-13,16H,10-11,14-15H2,1-3H3,(H,24,25)/b21-12-. The molecule has 162 valence electrons. The summed E-state index contributed by atoms with van der Waals surface area (Å²) in [7, 11) is 2.01. The molecule has 2 aromatic rings. The predicted octanol–water partition coefficient (Wildman–Crippen LogP) is 3.36. The van der Waals surface area contributed by atoms with Gasteiger partial charge in [0.2, 0.25) is 0 Å². The number of carbonyl (C=O) groups is 1. The number of hydrogen-bond acceptors (Lipinski definition) is 7. The number of rotatable bonds is 6. The molecule has 8 nitrogen and oxygen atoms in total. The van der Waals surface area contributed by atoms with Gasteiger partial charge in [-0.1, -0.05) is 32.0 Å². The highest BCUT2D eigenvalue weighted by atomic mass is 16.6. The van der Waals surface area contributed by atoms with Crippen molar-refractivity contribution in [2.45, 2.75) is 31.7 Å². The third-order valence-electron chi connectivity index (χ3n) is 6.20. The lowest BCUT2D eigenvalue weighted by atomic mass is 9.83. The van der Waals surface area contributed by atoms with Gasteiger partial charge in [-0.3, -0.25) is 19.8 Å². The number of benzene rings is 1. The van der Waals surface area contributed by atoms with Crippen LogP contribution >= 0.6 is 0 Å². The maximum Gasteiger partial charge on any atom is 0.287 e. The third kappa shape index (κ3) is 4.16. The summed E-state index contributed by atoms with van der Waals surface area (Å²) >= 11 is 0. The monoisotopic (exact) mass is 421 g/mol. The normalized spacial score (nSPS) is 21.3. The molecule has 0 bridgehead atoms. The molecule has 8 heteroatoms. The first-order valence-corrected chi connectivity index (χ1v) is 10.4. The Morgan fingerprint density at radius 3 is 2.77 bits per heavy atom. The Hall–Kier alpha value is -3.26. The first-order valence-electron chi connectivity index (χ1n) is 10.4. The van der Waals surface area contributed by atoms with Crippen molar-refractivity contribution < 1.29 is 9.72 Å². The van der Waals surface area contributed by atoms with Crippen LogP contribution in [0.1, 0.15) is 25.8 Å². The van der Waals surface area contributed by atoms with Crippen LogP contribution in [0.5, 0.6) is 0 Å². The van der Waals surface area contributed by atoms with E-state index in [1.165, 1.54) is 17.8 Å². The van der Waals surface area contributed by atoms with E-state index in [1.807, 2.05) is 19.2 Å². The van der Waals surface area contributed by atoms with Crippen LogP contribution in [0.15, 0.2) is 54.4 Å². The SMILES string of the molecule is CN1/C(=C\C(=O)CN2CCC(Nc3ccc([N+](=O)[O-])cn3)C2)C(C)(C)c2ccccc21. The van der Waals surface area contributed by atoms with Crippen molar-refractivity contribution in [1.29, 1.82) is 0 Å². The molecular formula is C23H27N5O3. The molecular weight excluding hydrogens is 394 g/mol. The number of nitrogens with one attached hydrogen (secondary N) is 1. The van der Waals surface area contributed by atoms with Gasteiger partial charge >= 0.3 is 0 Å². The van der Waals surface area contributed by atoms with Crippen molar-refractivity contribution in [3.8, 4) is 0 Å². The number of pyridine rings is 1. The molecule has 0 saturated carbocycles. The average Bonchev–Trinajstić information content (AvgIpc) is 3.25. The van der Waals surface area contributed by atoms with E-state index in [0.717, 1.165) is 30.9 Å². The van der Waals surface area contributed by atoms with E-state index in [9.17, 15) is 14.9 Å². The van der Waals surface area contributed by atoms with Gasteiger partial charge in [-0.15, -0.1) is 0 Å². The lowest BCUT2D eigenvalue weighted by Gasteiger charge is -2.24. The van der Waals surface area contributed by atoms with Crippen LogP contribution < -0.4 is 10.2 Å². The summed E-state index contributed by atoms with van der Waals surface area (Å²) < 4.78 is 0. The zero-order valence-electron chi connectivity index (χ0n) is 18.0. The number of carbonyl (C=O) groups excluding carboxylic acids is 1. The molecule has 4 rings (SSSR count). The fourth-order valence-electron chi connectivity index (χ4n) is 4.56. The minimum Gasteiger partial charge on any atom is -0.366 e. The maximum absolute atomic E-state index is 12.9. The minimum atomic E-state index is -0.463. The van der Waals surface area contributed by atoms with Crippen LogP contribution in [0, 0.1) is 10.1 Å². The summed E-state index contributed by atoms with van der Waals surface area (Å²) in [6.45, 7) is 6.23. The van der Waals surface area contributed by atoms with Crippen molar-refractivity contribution in [1.82, 2.24) is 9.88 Å². The second-order valence-electron chi connectivity index (χ2n) is 8.72. The number of fused-ring (bicyclic) bond motifs is 1. The van der Waals surface area contributed by atoms with Gasteiger partial charge in [-0.2, -0.15) is 0 Å². The first-order chi connectivity index (χ1) is 14.8. The van der Waals surface area contributed by atoms with Gasteiger partial charge in [-0.25, -0.2) is 4.98 Å². The number of hydrogen-bond donors (Lipinski definition) is 1. The van der Waals surface area contributed by atoms with Crippen molar-refractivity contribution in [3.63, 3.8) is 0 Å². The van der Waals surface area contributed by atoms with E-state index < -0.39 is 4.92 Å². The molecule has 0 radical (unpaired) electrons. The van der Waals surface area contributed by atoms with Gasteiger partial charge in [0.15, 0.2) is 5.78 Å². The number of para-hydroxylation sites is 1. The highest BCUT2D eigenvalue weighted by Crippen LogP contribution is 2.46. The second kappa shape index (κ2) is 8.11. The molecule has 1 atom stereocenters. The summed E-state index contributed by atoms with van der Waals surface area (Å²) in [6, 6.07) is 11.5.